The minimum Gasteiger partial charge on any atom is -0.548 e. The number of hydrogen-bond acceptors (Lipinski definition) is 36. The van der Waals surface area contributed by atoms with Crippen molar-refractivity contribution >= 4 is 88.4 Å². The fraction of sp³-hybridized carbons (Fsp3) is 0.637. The summed E-state index contributed by atoms with van der Waals surface area (Å²) in [6.45, 7) is 10.1. The van der Waals surface area contributed by atoms with Crippen molar-refractivity contribution in [2.45, 2.75) is 226 Å². The number of aliphatic carboxylic acids is 6. The number of ether oxygens (including phenoxy) is 3. The molecule has 3 aromatic heterocycles. The van der Waals surface area contributed by atoms with E-state index in [1.54, 1.807) is 45.9 Å². The van der Waals surface area contributed by atoms with Crippen LogP contribution >= 0.6 is 0 Å². The van der Waals surface area contributed by atoms with E-state index in [1.807, 2.05) is 0 Å². The van der Waals surface area contributed by atoms with Gasteiger partial charge in [0.2, 0.25) is 23.3 Å². The van der Waals surface area contributed by atoms with Crippen molar-refractivity contribution in [3.05, 3.63) is 84.2 Å². The van der Waals surface area contributed by atoms with Gasteiger partial charge in [0.25, 0.3) is 5.43 Å². The fourth-order valence-corrected chi connectivity index (χ4v) is 14.3. The summed E-state index contributed by atoms with van der Waals surface area (Å²) in [5.41, 5.74) is 1.96. The minimum absolute atomic E-state index is 0. The maximum atomic E-state index is 13.0. The number of carboxylic acid groups (broad SMARTS) is 6. The van der Waals surface area contributed by atoms with Crippen molar-refractivity contribution in [2.24, 2.45) is 0 Å². The Labute approximate surface area is 756 Å². The van der Waals surface area contributed by atoms with Crippen LogP contribution in [0, 0.1) is 79.9 Å². The molecule has 39 heteroatoms. The van der Waals surface area contributed by atoms with E-state index in [9.17, 15) is 97.8 Å². The topological polar surface area (TPSA) is 522 Å². The number of carbonyl (C=O) groups excluding carboxylic acids is 11. The Morgan fingerprint density at radius 1 is 0.387 bits per heavy atom. The number of Topliss-reactive ketones (excluding diaryl/α,β-unsaturated/α-hetero) is 6. The van der Waals surface area contributed by atoms with Crippen LogP contribution in [0.4, 0.5) is 17.8 Å². The second kappa shape index (κ2) is 54.3. The number of fused-ring (bicyclic) bond motifs is 4. The van der Waals surface area contributed by atoms with Crippen LogP contribution in [0.1, 0.15) is 184 Å². The van der Waals surface area contributed by atoms with E-state index in [0.717, 1.165) is 0 Å². The molecule has 6 unspecified atom stereocenters. The summed E-state index contributed by atoms with van der Waals surface area (Å²) in [6, 6.07) is -0.958. The molecule has 4 N–H and O–H groups in total. The van der Waals surface area contributed by atoms with E-state index in [0.29, 0.717) is 84.6 Å². The third-order valence-electron chi connectivity index (χ3n) is 20.4. The molecule has 0 fully saturated rings. The van der Waals surface area contributed by atoms with Gasteiger partial charge in [-0.15, -0.1) is 0 Å². The molecule has 0 spiro atoms. The first-order valence-corrected chi connectivity index (χ1v) is 39.9. The van der Waals surface area contributed by atoms with Gasteiger partial charge in [0.15, 0.2) is 5.75 Å². The zero-order chi connectivity index (χ0) is 85.8. The molecule has 1 aromatic carbocycles. The van der Waals surface area contributed by atoms with Crippen molar-refractivity contribution in [1.82, 2.24) is 54.3 Å². The number of carboxylic acids is 6. The van der Waals surface area contributed by atoms with Crippen LogP contribution in [0.15, 0.2) is 33.9 Å². The molecule has 0 saturated carbocycles. The Balaban J connectivity index is 0.0000149. The summed E-state index contributed by atoms with van der Waals surface area (Å²) in [4.78, 5) is 209. The average Bonchev–Trinajstić information content (AvgIpc) is 0.783. The number of nitrogens with zero attached hydrogens (tertiary/aromatic N) is 11. The van der Waals surface area contributed by atoms with Crippen LogP contribution < -0.4 is 57.1 Å². The summed E-state index contributed by atoms with van der Waals surface area (Å²) >= 11 is 0. The third-order valence-corrected chi connectivity index (χ3v) is 20.4. The van der Waals surface area contributed by atoms with Crippen LogP contribution in [-0.4, -0.2) is 271 Å². The number of aryl methyl sites for hydroxylation is 2. The van der Waals surface area contributed by atoms with Gasteiger partial charge in [-0.3, -0.25) is 53.8 Å². The normalized spacial score (nSPS) is 15.9. The zero-order valence-corrected chi connectivity index (χ0v) is 73.2. The quantitative estimate of drug-likeness (QED) is 0.0252. The van der Waals surface area contributed by atoms with E-state index in [-0.39, 0.29) is 340 Å². The molecule has 6 atom stereocenters. The Bertz CT molecular complexity index is 3790. The van der Waals surface area contributed by atoms with E-state index >= 15 is 0 Å². The van der Waals surface area contributed by atoms with Gasteiger partial charge < -0.3 is 114 Å². The molecule has 6 rings (SSSR count). The molecular formula is C80H111Gd2N14O23+. The van der Waals surface area contributed by atoms with Gasteiger partial charge in [-0.2, -0.15) is 15.0 Å². The van der Waals surface area contributed by atoms with E-state index in [4.69, 9.17) is 29.2 Å². The predicted octanol–water partition coefficient (Wildman–Crippen LogP) is -3.08. The number of rotatable bonds is 53. The van der Waals surface area contributed by atoms with E-state index in [1.165, 1.54) is 56.2 Å². The average molecular weight is 1950 g/mol. The smallest absolute Gasteiger partial charge is 0.548 e. The van der Waals surface area contributed by atoms with Crippen LogP contribution in [0.5, 0.6) is 5.75 Å². The number of ketones is 6. The van der Waals surface area contributed by atoms with Crippen molar-refractivity contribution < 1.29 is 182 Å². The number of hydrogen-bond donors (Lipinski definition) is 4. The Morgan fingerprint density at radius 2 is 0.672 bits per heavy atom. The summed E-state index contributed by atoms with van der Waals surface area (Å²) < 4.78 is 16.8. The van der Waals surface area contributed by atoms with Gasteiger partial charge in [-0.25, -0.2) is 0 Å². The number of pyridine rings is 2. The third kappa shape index (κ3) is 36.8. The molecule has 5 heterocycles. The molecule has 4 aromatic rings. The maximum absolute atomic E-state index is 13.0. The van der Waals surface area contributed by atoms with Crippen molar-refractivity contribution in [2.75, 3.05) is 121 Å². The molecule has 654 valence electrons. The Kier molecular flexibility index (Phi) is 47.5. The standard InChI is InChI=1S/C80H116N14O23.2Gd/c1-8-117-71-62(69(101)70(71)102)14-11-38-115-40-41-116-39-29-83-80-87-78(81-27-9-12-56-42-58-46-91(65(74(107)108)23-17-52(4)97)34-30-89(63(72(103)104)21-15-50(2)95)31-35-92(47-59(43-56)84-58)66(75(109)110)24-18-53(5)98)86-79(88-80)82-28-10-13-57-44-60-48-93(67(76(111)112)25-19-54(6)99)36-32-90(64(73(105)106)22-16-51(3)96)33-37-94(49-61(45-57)85-60)68(77(113)114)26-20-55(7)100;;/h42-45,63-68H,8-41,46-49H2,1-7H3,(H,103,104)(H,105,106)(H,107,108)(H,109,110)(H,111,112)(H,113,114)(H3,81,82,83,86,87,88);;/q;2*+3/p-5. The summed E-state index contributed by atoms with van der Waals surface area (Å²) in [7, 11) is 0. The van der Waals surface area contributed by atoms with Crippen molar-refractivity contribution in [3.8, 4) is 5.75 Å². The van der Waals surface area contributed by atoms with E-state index < -0.39 is 82.9 Å². The van der Waals surface area contributed by atoms with Crippen molar-refractivity contribution in [1.29, 1.82) is 0 Å². The SMILES string of the molecule is CCOc1c(CCCOCCOCCNc2nc(NCCCc3cc4nc(c3)CN(C(CCC(C)=O)C(=O)[O-])CCN(C(CCC(C)=O)C(=O)[O-])CCN(C(CCC(C)=O)C(=O)[O-])C4)nc(NCCCc3cc4nc(c3)CN(C(CCC(C)=O)C(=O)[O-])CCN(C(CCC(C)=O)C(=O)O)CCN(C(CCC(C)=O)C(=O)[O-])C4)n2)c(=O)c1=O.[Gd+3].[Gd+3]. The van der Waals surface area contributed by atoms with Crippen LogP contribution in [0.3, 0.4) is 0 Å². The van der Waals surface area contributed by atoms with Crippen LogP contribution in [0.2, 0.25) is 0 Å². The fourth-order valence-electron chi connectivity index (χ4n) is 14.3. The molecule has 0 amide bonds. The number of aromatic nitrogens is 5. The largest absolute Gasteiger partial charge is 3.00 e. The number of carbonyl (C=O) groups is 12. The molecule has 37 nitrogen and oxygen atoms in total. The molecule has 2 aliphatic heterocycles. The molecular weight excluding hydrogens is 1840 g/mol. The summed E-state index contributed by atoms with van der Waals surface area (Å²) in [5, 5.41) is 85.2. The number of nitrogens with one attached hydrogen (secondary N) is 3. The first kappa shape index (κ1) is 104. The molecule has 0 aliphatic carbocycles. The predicted molar refractivity (Wildman–Crippen MR) is 413 cm³/mol. The first-order chi connectivity index (χ1) is 55.7. The maximum Gasteiger partial charge on any atom is 3.00 e. The minimum atomic E-state index is -1.51. The van der Waals surface area contributed by atoms with Gasteiger partial charge >= 0.3 is 85.9 Å². The Hall–Kier alpha value is -7.24. The van der Waals surface area contributed by atoms with Gasteiger partial charge in [-0.1, -0.05) is 0 Å². The van der Waals surface area contributed by atoms with Gasteiger partial charge in [-0.05, 0) is 161 Å². The van der Waals surface area contributed by atoms with Gasteiger partial charge in [0, 0.05) is 149 Å². The van der Waals surface area contributed by atoms with Gasteiger partial charge in [0.05, 0.1) is 109 Å². The van der Waals surface area contributed by atoms with Crippen molar-refractivity contribution in [3.63, 3.8) is 0 Å². The monoisotopic (exact) mass is 1950 g/mol. The molecule has 0 saturated heterocycles. The summed E-state index contributed by atoms with van der Waals surface area (Å²) in [6.07, 6.45) is 0.692. The summed E-state index contributed by atoms with van der Waals surface area (Å²) in [5.74, 6) is -9.89. The molecule has 2 radical (unpaired) electrons. The number of anilines is 3. The van der Waals surface area contributed by atoms with E-state index in [2.05, 4.69) is 25.9 Å². The second-order valence-corrected chi connectivity index (χ2v) is 29.9. The molecule has 2 aliphatic rings. The molecule has 4 bridgehead atoms. The van der Waals surface area contributed by atoms with Crippen LogP contribution in [0.25, 0.3) is 0 Å². The zero-order valence-electron chi connectivity index (χ0n) is 68.7. The molecule has 119 heavy (non-hydrogen) atoms. The second-order valence-electron chi connectivity index (χ2n) is 29.9. The first-order valence-electron chi connectivity index (χ1n) is 39.9. The Morgan fingerprint density at radius 3 is 0.975 bits per heavy atom. The van der Waals surface area contributed by atoms with Gasteiger partial charge in [0.1, 0.15) is 40.7 Å². The van der Waals surface area contributed by atoms with Crippen LogP contribution in [-0.2, 0) is 112 Å².